The lowest BCUT2D eigenvalue weighted by Crippen LogP contribution is -2.49. The summed E-state index contributed by atoms with van der Waals surface area (Å²) in [6.45, 7) is 2.64. The predicted molar refractivity (Wildman–Crippen MR) is 49.2 cm³/mol. The molecule has 2 rings (SSSR count). The van der Waals surface area contributed by atoms with E-state index in [1.54, 1.807) is 0 Å². The first-order valence-electron chi connectivity index (χ1n) is 4.49. The lowest BCUT2D eigenvalue weighted by molar-refractivity contribution is -0.0939. The Balaban J connectivity index is 2.23. The number of ether oxygens (including phenoxy) is 1. The van der Waals surface area contributed by atoms with Gasteiger partial charge in [-0.15, -0.1) is 0 Å². The quantitative estimate of drug-likeness (QED) is 0.762. The number of nitriles is 1. The van der Waals surface area contributed by atoms with Gasteiger partial charge in [0.05, 0.1) is 25.3 Å². The van der Waals surface area contributed by atoms with Crippen LogP contribution < -0.4 is 5.73 Å². The first-order chi connectivity index (χ1) is 6.68. The molecule has 14 heavy (non-hydrogen) atoms. The Hall–Kier alpha value is -1.31. The Morgan fingerprint density at radius 1 is 1.57 bits per heavy atom. The van der Waals surface area contributed by atoms with Crippen LogP contribution in [0.25, 0.3) is 0 Å². The van der Waals surface area contributed by atoms with Crippen LogP contribution in [0.5, 0.6) is 0 Å². The molecule has 1 aliphatic heterocycles. The molecule has 0 saturated carbocycles. The van der Waals surface area contributed by atoms with Crippen LogP contribution in [-0.2, 0) is 4.74 Å². The SMILES string of the molecule is Cc1ccc(C(N)C2(C#N)COC2)o1. The molecule has 0 radical (unpaired) electrons. The van der Waals surface area contributed by atoms with Crippen molar-refractivity contribution in [3.8, 4) is 6.07 Å². The maximum absolute atomic E-state index is 9.02. The zero-order valence-electron chi connectivity index (χ0n) is 7.99. The van der Waals surface area contributed by atoms with Crippen molar-refractivity contribution in [2.75, 3.05) is 13.2 Å². The Bertz CT molecular complexity index is 374. The maximum Gasteiger partial charge on any atom is 0.126 e. The molecule has 0 aromatic carbocycles. The summed E-state index contributed by atoms with van der Waals surface area (Å²) in [6.07, 6.45) is 0. The minimum absolute atomic E-state index is 0.393. The van der Waals surface area contributed by atoms with Gasteiger partial charge in [-0.25, -0.2) is 0 Å². The van der Waals surface area contributed by atoms with Crippen molar-refractivity contribution in [3.63, 3.8) is 0 Å². The number of rotatable bonds is 2. The van der Waals surface area contributed by atoms with Crippen LogP contribution in [0.3, 0.4) is 0 Å². The molecule has 0 amide bonds. The van der Waals surface area contributed by atoms with Crippen molar-refractivity contribution < 1.29 is 9.15 Å². The Labute approximate surface area is 82.3 Å². The molecule has 4 heteroatoms. The maximum atomic E-state index is 9.02. The van der Waals surface area contributed by atoms with Crippen molar-refractivity contribution in [3.05, 3.63) is 23.7 Å². The minimum Gasteiger partial charge on any atom is -0.465 e. The minimum atomic E-state index is -0.593. The van der Waals surface area contributed by atoms with Gasteiger partial charge in [0.25, 0.3) is 0 Å². The summed E-state index contributed by atoms with van der Waals surface area (Å²) in [4.78, 5) is 0. The average molecular weight is 192 g/mol. The highest BCUT2D eigenvalue weighted by molar-refractivity contribution is 5.19. The van der Waals surface area contributed by atoms with Crippen molar-refractivity contribution in [1.29, 1.82) is 5.26 Å². The molecule has 2 N–H and O–H groups in total. The molecule has 2 heterocycles. The summed E-state index contributed by atoms with van der Waals surface area (Å²) in [5.41, 5.74) is 5.37. The van der Waals surface area contributed by atoms with Gasteiger partial charge in [0, 0.05) is 0 Å². The normalized spacial score (nSPS) is 20.9. The third-order valence-electron chi connectivity index (χ3n) is 2.60. The van der Waals surface area contributed by atoms with Crippen LogP contribution in [0.2, 0.25) is 0 Å². The highest BCUT2D eigenvalue weighted by atomic mass is 16.5. The summed E-state index contributed by atoms with van der Waals surface area (Å²) in [7, 11) is 0. The lowest BCUT2D eigenvalue weighted by atomic mass is 9.79. The monoisotopic (exact) mass is 192 g/mol. The van der Waals surface area contributed by atoms with Crippen LogP contribution >= 0.6 is 0 Å². The Morgan fingerprint density at radius 3 is 2.64 bits per heavy atom. The molecule has 1 atom stereocenters. The van der Waals surface area contributed by atoms with Crippen molar-refractivity contribution in [1.82, 2.24) is 0 Å². The molecule has 1 aromatic heterocycles. The van der Waals surface area contributed by atoms with Crippen LogP contribution in [0.1, 0.15) is 17.6 Å². The molecule has 0 spiro atoms. The summed E-state index contributed by atoms with van der Waals surface area (Å²) < 4.78 is 10.4. The second-order valence-corrected chi connectivity index (χ2v) is 3.69. The van der Waals surface area contributed by atoms with E-state index >= 15 is 0 Å². The third kappa shape index (κ3) is 1.22. The highest BCUT2D eigenvalue weighted by Crippen LogP contribution is 2.38. The van der Waals surface area contributed by atoms with Crippen molar-refractivity contribution >= 4 is 0 Å². The number of hydrogen-bond acceptors (Lipinski definition) is 4. The second kappa shape index (κ2) is 3.12. The average Bonchev–Trinajstić information content (AvgIpc) is 2.50. The fourth-order valence-corrected chi connectivity index (χ4v) is 1.53. The van der Waals surface area contributed by atoms with Gasteiger partial charge in [0.1, 0.15) is 16.9 Å². The van der Waals surface area contributed by atoms with Gasteiger partial charge in [-0.05, 0) is 19.1 Å². The topological polar surface area (TPSA) is 72.2 Å². The summed E-state index contributed by atoms with van der Waals surface area (Å²) in [5, 5.41) is 9.02. The van der Waals surface area contributed by atoms with E-state index in [2.05, 4.69) is 6.07 Å². The van der Waals surface area contributed by atoms with Crippen LogP contribution in [0.15, 0.2) is 16.5 Å². The molecule has 74 valence electrons. The van der Waals surface area contributed by atoms with Gasteiger partial charge in [0.2, 0.25) is 0 Å². The van der Waals surface area contributed by atoms with Gasteiger partial charge >= 0.3 is 0 Å². The van der Waals surface area contributed by atoms with Crippen LogP contribution in [0, 0.1) is 23.7 Å². The molecule has 4 nitrogen and oxygen atoms in total. The van der Waals surface area contributed by atoms with Gasteiger partial charge in [-0.3, -0.25) is 0 Å². The number of nitrogens with zero attached hydrogens (tertiary/aromatic N) is 1. The van der Waals surface area contributed by atoms with E-state index in [0.29, 0.717) is 19.0 Å². The van der Waals surface area contributed by atoms with Gasteiger partial charge in [-0.1, -0.05) is 0 Å². The van der Waals surface area contributed by atoms with E-state index in [0.717, 1.165) is 5.76 Å². The molecular formula is C10H12N2O2. The van der Waals surface area contributed by atoms with Gasteiger partial charge < -0.3 is 14.9 Å². The third-order valence-corrected chi connectivity index (χ3v) is 2.60. The van der Waals surface area contributed by atoms with E-state index in [4.69, 9.17) is 20.1 Å². The van der Waals surface area contributed by atoms with E-state index in [1.807, 2.05) is 19.1 Å². The van der Waals surface area contributed by atoms with E-state index in [-0.39, 0.29) is 0 Å². The van der Waals surface area contributed by atoms with Crippen molar-refractivity contribution in [2.24, 2.45) is 11.1 Å². The zero-order valence-corrected chi connectivity index (χ0v) is 7.99. The first-order valence-corrected chi connectivity index (χ1v) is 4.49. The van der Waals surface area contributed by atoms with Crippen LogP contribution in [0.4, 0.5) is 0 Å². The fourth-order valence-electron chi connectivity index (χ4n) is 1.53. The highest BCUT2D eigenvalue weighted by Gasteiger charge is 2.46. The Morgan fingerprint density at radius 2 is 2.29 bits per heavy atom. The largest absolute Gasteiger partial charge is 0.465 e. The Kier molecular flexibility index (Phi) is 2.06. The standard InChI is InChI=1S/C10H12N2O2/c1-7-2-3-8(14-7)9(12)10(4-11)5-13-6-10/h2-3,9H,5-6,12H2,1H3. The van der Waals surface area contributed by atoms with Gasteiger partial charge in [0.15, 0.2) is 0 Å². The van der Waals surface area contributed by atoms with Crippen LogP contribution in [-0.4, -0.2) is 13.2 Å². The molecule has 0 aliphatic carbocycles. The number of nitrogens with two attached hydrogens (primary N) is 1. The molecule has 1 unspecified atom stereocenters. The number of hydrogen-bond donors (Lipinski definition) is 1. The van der Waals surface area contributed by atoms with Gasteiger partial charge in [-0.2, -0.15) is 5.26 Å². The second-order valence-electron chi connectivity index (χ2n) is 3.69. The van der Waals surface area contributed by atoms with Crippen molar-refractivity contribution in [2.45, 2.75) is 13.0 Å². The lowest BCUT2D eigenvalue weighted by Gasteiger charge is -2.38. The molecule has 1 saturated heterocycles. The van der Waals surface area contributed by atoms with E-state index in [9.17, 15) is 0 Å². The smallest absolute Gasteiger partial charge is 0.126 e. The molecule has 1 aliphatic rings. The van der Waals surface area contributed by atoms with E-state index < -0.39 is 11.5 Å². The first kappa shape index (κ1) is 9.25. The summed E-state index contributed by atoms with van der Waals surface area (Å²) in [5.74, 6) is 1.47. The van der Waals surface area contributed by atoms with E-state index in [1.165, 1.54) is 0 Å². The summed E-state index contributed by atoms with van der Waals surface area (Å²) >= 11 is 0. The molecule has 1 aromatic rings. The predicted octanol–water partition coefficient (Wildman–Crippen LogP) is 1.13. The summed E-state index contributed by atoms with van der Waals surface area (Å²) in [6, 6.07) is 5.48. The zero-order chi connectivity index (χ0) is 10.2. The molecular weight excluding hydrogens is 180 g/mol. The fraction of sp³-hybridized carbons (Fsp3) is 0.500. The number of furan rings is 1. The molecule has 1 fully saturated rings. The number of aryl methyl sites for hydroxylation is 1. The molecule has 0 bridgehead atoms.